The number of nitrogens with zero attached hydrogens (tertiary/aromatic N) is 1. The topological polar surface area (TPSA) is 63.4 Å². The molecule has 0 amide bonds. The highest BCUT2D eigenvalue weighted by Gasteiger charge is 2.17. The number of hydrogen-bond acceptors (Lipinski definition) is 5. The SMILES string of the molecule is NCc1ccc(S(=O)(=O)CCN2CCCSCC2)cc1. The highest BCUT2D eigenvalue weighted by molar-refractivity contribution is 7.99. The van der Waals surface area contributed by atoms with Gasteiger partial charge in [0.05, 0.1) is 10.6 Å². The van der Waals surface area contributed by atoms with E-state index in [1.54, 1.807) is 24.3 Å². The van der Waals surface area contributed by atoms with Gasteiger partial charge < -0.3 is 10.6 Å². The summed E-state index contributed by atoms with van der Waals surface area (Å²) in [5, 5.41) is 0. The number of benzene rings is 1. The summed E-state index contributed by atoms with van der Waals surface area (Å²) in [5.41, 5.74) is 6.47. The van der Waals surface area contributed by atoms with E-state index < -0.39 is 9.84 Å². The van der Waals surface area contributed by atoms with Crippen LogP contribution < -0.4 is 5.73 Å². The van der Waals surface area contributed by atoms with Crippen molar-refractivity contribution in [2.75, 3.05) is 36.9 Å². The van der Waals surface area contributed by atoms with Crippen molar-refractivity contribution >= 4 is 21.6 Å². The van der Waals surface area contributed by atoms with Gasteiger partial charge in [-0.15, -0.1) is 0 Å². The average Bonchev–Trinajstić information content (AvgIpc) is 2.74. The third-order valence-corrected chi connectivity index (χ3v) is 6.27. The van der Waals surface area contributed by atoms with Crippen LogP contribution in [-0.2, 0) is 16.4 Å². The van der Waals surface area contributed by atoms with E-state index in [9.17, 15) is 8.42 Å². The van der Waals surface area contributed by atoms with Crippen LogP contribution in [0.4, 0.5) is 0 Å². The maximum atomic E-state index is 12.3. The van der Waals surface area contributed by atoms with Crippen molar-refractivity contribution in [3.8, 4) is 0 Å². The molecule has 6 heteroatoms. The smallest absolute Gasteiger partial charge is 0.179 e. The molecule has 112 valence electrons. The summed E-state index contributed by atoms with van der Waals surface area (Å²) in [6, 6.07) is 6.90. The second-order valence-corrected chi connectivity index (χ2v) is 8.31. The summed E-state index contributed by atoms with van der Waals surface area (Å²) in [5.74, 6) is 2.48. The molecular weight excluding hydrogens is 292 g/mol. The molecule has 0 saturated carbocycles. The Morgan fingerprint density at radius 2 is 1.90 bits per heavy atom. The highest BCUT2D eigenvalue weighted by atomic mass is 32.2. The van der Waals surface area contributed by atoms with E-state index in [-0.39, 0.29) is 5.75 Å². The van der Waals surface area contributed by atoms with Crippen molar-refractivity contribution in [3.63, 3.8) is 0 Å². The second-order valence-electron chi connectivity index (χ2n) is 4.97. The molecule has 1 aromatic rings. The minimum atomic E-state index is -3.19. The van der Waals surface area contributed by atoms with Crippen LogP contribution in [0.2, 0.25) is 0 Å². The van der Waals surface area contributed by atoms with Gasteiger partial charge in [-0.25, -0.2) is 8.42 Å². The molecule has 1 aliphatic rings. The third kappa shape index (κ3) is 4.48. The first-order chi connectivity index (χ1) is 9.62. The van der Waals surface area contributed by atoms with Crippen LogP contribution in [0.15, 0.2) is 29.2 Å². The van der Waals surface area contributed by atoms with Gasteiger partial charge in [-0.05, 0) is 36.4 Å². The Bertz CT molecular complexity index is 506. The minimum absolute atomic E-state index is 0.194. The minimum Gasteiger partial charge on any atom is -0.326 e. The first kappa shape index (κ1) is 15.8. The fourth-order valence-electron chi connectivity index (χ4n) is 2.22. The fourth-order valence-corrected chi connectivity index (χ4v) is 4.43. The van der Waals surface area contributed by atoms with Crippen LogP contribution in [0.25, 0.3) is 0 Å². The van der Waals surface area contributed by atoms with E-state index in [0.717, 1.165) is 30.8 Å². The van der Waals surface area contributed by atoms with Gasteiger partial charge in [0.25, 0.3) is 0 Å². The van der Waals surface area contributed by atoms with E-state index in [0.29, 0.717) is 18.0 Å². The quantitative estimate of drug-likeness (QED) is 0.889. The van der Waals surface area contributed by atoms with E-state index in [1.807, 2.05) is 11.8 Å². The molecule has 0 bridgehead atoms. The number of nitrogens with two attached hydrogens (primary N) is 1. The van der Waals surface area contributed by atoms with Gasteiger partial charge in [-0.1, -0.05) is 12.1 Å². The Balaban J connectivity index is 1.95. The maximum absolute atomic E-state index is 12.3. The van der Waals surface area contributed by atoms with Gasteiger partial charge in [0.15, 0.2) is 9.84 Å². The summed E-state index contributed by atoms with van der Waals surface area (Å²) >= 11 is 1.95. The lowest BCUT2D eigenvalue weighted by Gasteiger charge is -2.19. The molecule has 1 aliphatic heterocycles. The Hall–Kier alpha value is -0.560. The molecule has 1 fully saturated rings. The molecule has 2 N–H and O–H groups in total. The standard InChI is InChI=1S/C14H22N2O2S2/c15-12-13-2-4-14(5-3-13)20(17,18)11-8-16-6-1-9-19-10-7-16/h2-5H,1,6-12,15H2. The summed E-state index contributed by atoms with van der Waals surface area (Å²) in [6.07, 6.45) is 1.15. The van der Waals surface area contributed by atoms with Crippen molar-refractivity contribution in [1.29, 1.82) is 0 Å². The molecule has 2 rings (SSSR count). The number of rotatable bonds is 5. The van der Waals surface area contributed by atoms with Crippen LogP contribution in [-0.4, -0.2) is 50.2 Å². The molecule has 0 spiro atoms. The van der Waals surface area contributed by atoms with Gasteiger partial charge in [0.1, 0.15) is 0 Å². The summed E-state index contributed by atoms with van der Waals surface area (Å²) in [4.78, 5) is 2.66. The lowest BCUT2D eigenvalue weighted by atomic mass is 10.2. The number of hydrogen-bond donors (Lipinski definition) is 1. The van der Waals surface area contributed by atoms with Gasteiger partial charge in [-0.3, -0.25) is 0 Å². The predicted molar refractivity (Wildman–Crippen MR) is 84.8 cm³/mol. The van der Waals surface area contributed by atoms with E-state index >= 15 is 0 Å². The zero-order chi connectivity index (χ0) is 14.4. The van der Waals surface area contributed by atoms with Gasteiger partial charge in [0.2, 0.25) is 0 Å². The van der Waals surface area contributed by atoms with Gasteiger partial charge in [0, 0.05) is 25.4 Å². The molecule has 0 unspecified atom stereocenters. The third-order valence-electron chi connectivity index (χ3n) is 3.51. The molecule has 4 nitrogen and oxygen atoms in total. The normalized spacial score (nSPS) is 17.9. The van der Waals surface area contributed by atoms with E-state index in [2.05, 4.69) is 4.90 Å². The lowest BCUT2D eigenvalue weighted by molar-refractivity contribution is 0.312. The van der Waals surface area contributed by atoms with Gasteiger partial charge in [-0.2, -0.15) is 11.8 Å². The fraction of sp³-hybridized carbons (Fsp3) is 0.571. The van der Waals surface area contributed by atoms with Crippen LogP contribution in [0, 0.1) is 0 Å². The molecule has 1 aromatic carbocycles. The average molecular weight is 314 g/mol. The van der Waals surface area contributed by atoms with Crippen molar-refractivity contribution in [1.82, 2.24) is 4.90 Å². The Labute approximate surface area is 125 Å². The van der Waals surface area contributed by atoms with Crippen LogP contribution in [0.3, 0.4) is 0 Å². The molecular formula is C14H22N2O2S2. The second kappa shape index (κ2) is 7.45. The molecule has 0 aliphatic carbocycles. The van der Waals surface area contributed by atoms with Crippen molar-refractivity contribution in [3.05, 3.63) is 29.8 Å². The van der Waals surface area contributed by atoms with Crippen molar-refractivity contribution < 1.29 is 8.42 Å². The molecule has 0 aromatic heterocycles. The first-order valence-corrected chi connectivity index (χ1v) is 9.74. The highest BCUT2D eigenvalue weighted by Crippen LogP contribution is 2.14. The zero-order valence-corrected chi connectivity index (χ0v) is 13.3. The summed E-state index contributed by atoms with van der Waals surface area (Å²) in [6.45, 7) is 3.06. The molecule has 1 saturated heterocycles. The lowest BCUT2D eigenvalue weighted by Crippen LogP contribution is -2.31. The largest absolute Gasteiger partial charge is 0.326 e. The Kier molecular flexibility index (Phi) is 5.89. The van der Waals surface area contributed by atoms with E-state index in [4.69, 9.17) is 5.73 Å². The van der Waals surface area contributed by atoms with Crippen molar-refractivity contribution in [2.45, 2.75) is 17.9 Å². The van der Waals surface area contributed by atoms with Crippen molar-refractivity contribution in [2.24, 2.45) is 5.73 Å². The van der Waals surface area contributed by atoms with Crippen LogP contribution in [0.5, 0.6) is 0 Å². The van der Waals surface area contributed by atoms with Crippen LogP contribution in [0.1, 0.15) is 12.0 Å². The molecule has 0 radical (unpaired) electrons. The van der Waals surface area contributed by atoms with Gasteiger partial charge >= 0.3 is 0 Å². The number of thioether (sulfide) groups is 1. The Morgan fingerprint density at radius 3 is 2.60 bits per heavy atom. The summed E-state index contributed by atoms with van der Waals surface area (Å²) in [7, 11) is -3.19. The molecule has 20 heavy (non-hydrogen) atoms. The summed E-state index contributed by atoms with van der Waals surface area (Å²) < 4.78 is 24.6. The predicted octanol–water partition coefficient (Wildman–Crippen LogP) is 1.36. The molecule has 0 atom stereocenters. The number of sulfone groups is 1. The Morgan fingerprint density at radius 1 is 1.15 bits per heavy atom. The van der Waals surface area contributed by atoms with E-state index in [1.165, 1.54) is 5.75 Å². The monoisotopic (exact) mass is 314 g/mol. The van der Waals surface area contributed by atoms with Crippen LogP contribution >= 0.6 is 11.8 Å². The zero-order valence-electron chi connectivity index (χ0n) is 11.6. The molecule has 1 heterocycles. The first-order valence-electron chi connectivity index (χ1n) is 6.94. The maximum Gasteiger partial charge on any atom is 0.179 e.